The van der Waals surface area contributed by atoms with Crippen molar-refractivity contribution < 1.29 is 32.8 Å². The first-order valence-corrected chi connectivity index (χ1v) is 21.3. The highest BCUT2D eigenvalue weighted by Crippen LogP contribution is 2.43. The summed E-state index contributed by atoms with van der Waals surface area (Å²) < 4.78 is 33.3. The predicted molar refractivity (Wildman–Crippen MR) is 210 cm³/mol. The van der Waals surface area contributed by atoms with Crippen LogP contribution in [-0.4, -0.2) is 49.9 Å². The van der Waals surface area contributed by atoms with Crippen molar-refractivity contribution in [2.24, 2.45) is 5.73 Å². The van der Waals surface area contributed by atoms with Gasteiger partial charge in [0.25, 0.3) is 0 Å². The van der Waals surface area contributed by atoms with Crippen LogP contribution in [0.15, 0.2) is 60.8 Å². The van der Waals surface area contributed by atoms with E-state index in [4.69, 9.17) is 24.3 Å². The van der Waals surface area contributed by atoms with E-state index in [9.17, 15) is 14.3 Å². The third-order valence-electron chi connectivity index (χ3n) is 8.00. The maximum Gasteiger partial charge on any atom is 0.472 e. The zero-order chi connectivity index (χ0) is 36.6. The summed E-state index contributed by atoms with van der Waals surface area (Å²) in [6.45, 7) is 4.77. The minimum atomic E-state index is -4.29. The number of carbonyl (C=O) groups is 1. The lowest BCUT2D eigenvalue weighted by molar-refractivity contribution is -0.154. The highest BCUT2D eigenvalue weighted by molar-refractivity contribution is 7.47. The van der Waals surface area contributed by atoms with E-state index in [1.54, 1.807) is 0 Å². The van der Waals surface area contributed by atoms with Gasteiger partial charge in [-0.25, -0.2) is 4.57 Å². The van der Waals surface area contributed by atoms with Crippen LogP contribution in [0, 0.1) is 0 Å². The molecule has 0 rings (SSSR count). The number of phosphoric ester groups is 1. The first kappa shape index (κ1) is 48.2. The van der Waals surface area contributed by atoms with Crippen molar-refractivity contribution in [3.05, 3.63) is 60.8 Å². The van der Waals surface area contributed by atoms with E-state index < -0.39 is 13.9 Å². The number of phosphoric acid groups is 1. The van der Waals surface area contributed by atoms with Crippen LogP contribution in [0.4, 0.5) is 0 Å². The number of unbranched alkanes of at least 4 members (excludes halogenated alkanes) is 17. The Morgan fingerprint density at radius 2 is 1.08 bits per heavy atom. The Bertz CT molecular complexity index is 947. The molecule has 0 aliphatic carbocycles. The lowest BCUT2D eigenvalue weighted by atomic mass is 10.1. The van der Waals surface area contributed by atoms with Gasteiger partial charge >= 0.3 is 13.8 Å². The standard InChI is InChI=1S/C41H74NO7P/c1-3-5-7-9-11-13-15-17-18-19-20-21-23-25-27-29-31-33-36-46-38-40(39-48-50(44,45)47-37-35-42)49-41(43)34-32-30-28-26-24-22-16-14-12-10-8-6-4-2/h13-21,23,40H,3-12,22,24-39,42H2,1-2H3,(H,44,45)/b15-13+,16-14-,18-17+,20-19+,23-21+/t40-/m1/s1. The quantitative estimate of drug-likeness (QED) is 0.0214. The molecule has 50 heavy (non-hydrogen) atoms. The molecule has 0 aromatic rings. The molecule has 0 aliphatic heterocycles. The number of ether oxygens (including phenoxy) is 2. The van der Waals surface area contributed by atoms with Crippen LogP contribution in [0.25, 0.3) is 0 Å². The molecule has 290 valence electrons. The number of esters is 1. The van der Waals surface area contributed by atoms with Crippen molar-refractivity contribution in [3.8, 4) is 0 Å². The van der Waals surface area contributed by atoms with E-state index >= 15 is 0 Å². The summed E-state index contributed by atoms with van der Waals surface area (Å²) in [5.74, 6) is -0.354. The van der Waals surface area contributed by atoms with Gasteiger partial charge in [-0.2, -0.15) is 0 Å². The summed E-state index contributed by atoms with van der Waals surface area (Å²) in [5, 5.41) is 0. The Hall–Kier alpha value is -1.80. The van der Waals surface area contributed by atoms with Gasteiger partial charge in [-0.15, -0.1) is 0 Å². The van der Waals surface area contributed by atoms with Gasteiger partial charge in [0, 0.05) is 19.6 Å². The van der Waals surface area contributed by atoms with E-state index in [0.717, 1.165) is 70.6 Å². The summed E-state index contributed by atoms with van der Waals surface area (Å²) in [6, 6.07) is 0. The van der Waals surface area contributed by atoms with Gasteiger partial charge in [0.2, 0.25) is 0 Å². The summed E-state index contributed by atoms with van der Waals surface area (Å²) in [7, 11) is -4.29. The Morgan fingerprint density at radius 3 is 1.64 bits per heavy atom. The lowest BCUT2D eigenvalue weighted by Crippen LogP contribution is -2.28. The van der Waals surface area contributed by atoms with E-state index in [1.165, 1.54) is 64.2 Å². The summed E-state index contributed by atoms with van der Waals surface area (Å²) in [5.41, 5.74) is 5.35. The molecule has 0 fully saturated rings. The van der Waals surface area contributed by atoms with Gasteiger partial charge in [0.1, 0.15) is 6.10 Å². The highest BCUT2D eigenvalue weighted by Gasteiger charge is 2.25. The van der Waals surface area contributed by atoms with E-state index in [1.807, 2.05) is 0 Å². The fourth-order valence-corrected chi connectivity index (χ4v) is 5.83. The Kier molecular flexibility index (Phi) is 37.0. The Morgan fingerprint density at radius 1 is 0.600 bits per heavy atom. The number of hydrogen-bond donors (Lipinski definition) is 2. The van der Waals surface area contributed by atoms with Gasteiger partial charge in [0.05, 0.1) is 19.8 Å². The number of hydrogen-bond acceptors (Lipinski definition) is 7. The number of carbonyl (C=O) groups excluding carboxylic acids is 1. The van der Waals surface area contributed by atoms with Crippen LogP contribution in [-0.2, 0) is 27.9 Å². The molecule has 0 bridgehead atoms. The molecule has 0 amide bonds. The molecule has 0 saturated heterocycles. The predicted octanol–water partition coefficient (Wildman–Crippen LogP) is 11.4. The zero-order valence-corrected chi connectivity index (χ0v) is 32.8. The molecule has 0 aliphatic rings. The first-order chi connectivity index (χ1) is 24.4. The topological polar surface area (TPSA) is 117 Å². The molecule has 1 unspecified atom stereocenters. The SMILES string of the molecule is CCCCCC/C=C\CCCCCCCC(=O)O[C@H](COCCCCCC/C=C/C=C/C=C/C=C/CCCCCC)COP(=O)(O)OCCN. The molecule has 0 spiro atoms. The van der Waals surface area contributed by atoms with Gasteiger partial charge in [-0.3, -0.25) is 13.8 Å². The fraction of sp³-hybridized carbons (Fsp3) is 0.732. The van der Waals surface area contributed by atoms with Crippen molar-refractivity contribution in [1.82, 2.24) is 0 Å². The molecule has 0 aromatic heterocycles. The fourth-order valence-electron chi connectivity index (χ4n) is 5.06. The molecular formula is C41H74NO7P. The smallest absolute Gasteiger partial charge is 0.457 e. The van der Waals surface area contributed by atoms with Gasteiger partial charge in [0.15, 0.2) is 0 Å². The zero-order valence-electron chi connectivity index (χ0n) is 31.9. The second kappa shape index (κ2) is 38.4. The van der Waals surface area contributed by atoms with E-state index in [0.29, 0.717) is 13.0 Å². The van der Waals surface area contributed by atoms with Crippen LogP contribution in [0.5, 0.6) is 0 Å². The maximum absolute atomic E-state index is 12.5. The largest absolute Gasteiger partial charge is 0.472 e. The molecule has 3 N–H and O–H groups in total. The second-order valence-corrected chi connectivity index (χ2v) is 14.3. The van der Waals surface area contributed by atoms with E-state index in [-0.39, 0.29) is 32.3 Å². The average molecular weight is 724 g/mol. The molecule has 0 radical (unpaired) electrons. The molecule has 9 heteroatoms. The van der Waals surface area contributed by atoms with Gasteiger partial charge in [-0.1, -0.05) is 145 Å². The first-order valence-electron chi connectivity index (χ1n) is 19.8. The molecule has 8 nitrogen and oxygen atoms in total. The van der Waals surface area contributed by atoms with Crippen LogP contribution in [0.3, 0.4) is 0 Å². The maximum atomic E-state index is 12.5. The summed E-state index contributed by atoms with van der Waals surface area (Å²) >= 11 is 0. The highest BCUT2D eigenvalue weighted by atomic mass is 31.2. The minimum absolute atomic E-state index is 0.0903. The van der Waals surface area contributed by atoms with Crippen molar-refractivity contribution in [2.45, 2.75) is 161 Å². The van der Waals surface area contributed by atoms with Crippen LogP contribution in [0.1, 0.15) is 155 Å². The number of nitrogens with two attached hydrogens (primary N) is 1. The van der Waals surface area contributed by atoms with Crippen LogP contribution in [0.2, 0.25) is 0 Å². The van der Waals surface area contributed by atoms with Crippen molar-refractivity contribution in [2.75, 3.05) is 33.0 Å². The third-order valence-corrected chi connectivity index (χ3v) is 8.99. The Balaban J connectivity index is 4.18. The van der Waals surface area contributed by atoms with Crippen LogP contribution >= 0.6 is 7.82 Å². The third kappa shape index (κ3) is 37.5. The second-order valence-electron chi connectivity index (χ2n) is 12.9. The lowest BCUT2D eigenvalue weighted by Gasteiger charge is -2.20. The summed E-state index contributed by atoms with van der Waals surface area (Å²) in [6.07, 6.45) is 45.2. The van der Waals surface area contributed by atoms with Crippen LogP contribution < -0.4 is 5.73 Å². The molecule has 2 atom stereocenters. The molecule has 0 saturated carbocycles. The van der Waals surface area contributed by atoms with Gasteiger partial charge < -0.3 is 20.1 Å². The van der Waals surface area contributed by atoms with Crippen molar-refractivity contribution in [3.63, 3.8) is 0 Å². The summed E-state index contributed by atoms with van der Waals surface area (Å²) in [4.78, 5) is 22.4. The molecular weight excluding hydrogens is 649 g/mol. The van der Waals surface area contributed by atoms with Crippen molar-refractivity contribution >= 4 is 13.8 Å². The van der Waals surface area contributed by atoms with Gasteiger partial charge in [-0.05, 0) is 64.2 Å². The normalized spacial score (nSPS) is 14.2. The monoisotopic (exact) mass is 724 g/mol. The Labute approximate surface area is 306 Å². The number of allylic oxidation sites excluding steroid dienone is 10. The number of rotatable bonds is 37. The molecule has 0 heterocycles. The average Bonchev–Trinajstić information content (AvgIpc) is 3.10. The molecule has 0 aromatic carbocycles. The van der Waals surface area contributed by atoms with E-state index in [2.05, 4.69) is 74.6 Å². The minimum Gasteiger partial charge on any atom is -0.457 e. The van der Waals surface area contributed by atoms with Crippen molar-refractivity contribution in [1.29, 1.82) is 0 Å².